The minimum Gasteiger partial charge on any atom is -0.381 e. The quantitative estimate of drug-likeness (QED) is 0.846. The highest BCUT2D eigenvalue weighted by Gasteiger charge is 2.32. The van der Waals surface area contributed by atoms with Crippen molar-refractivity contribution in [2.75, 3.05) is 13.2 Å². The van der Waals surface area contributed by atoms with Gasteiger partial charge in [0, 0.05) is 17.5 Å². The molecule has 1 aromatic carbocycles. The Morgan fingerprint density at radius 2 is 2.39 bits per heavy atom. The lowest BCUT2D eigenvalue weighted by Crippen LogP contribution is -2.21. The Kier molecular flexibility index (Phi) is 3.95. The molecule has 3 nitrogen and oxygen atoms in total. The molecule has 0 amide bonds. The maximum Gasteiger partial charge on any atom is 0.159 e. The van der Waals surface area contributed by atoms with E-state index >= 15 is 0 Å². The van der Waals surface area contributed by atoms with Gasteiger partial charge in [0.15, 0.2) is 5.78 Å². The van der Waals surface area contributed by atoms with E-state index in [0.29, 0.717) is 25.2 Å². The number of carbonyl (C=O) groups is 1. The first kappa shape index (κ1) is 13.0. The molecular formula is C13H11ClFNO2. The first-order valence-corrected chi connectivity index (χ1v) is 5.97. The van der Waals surface area contributed by atoms with Gasteiger partial charge in [0.25, 0.3) is 0 Å². The Morgan fingerprint density at radius 1 is 1.61 bits per heavy atom. The molecule has 18 heavy (non-hydrogen) atoms. The third-order valence-corrected chi connectivity index (χ3v) is 3.35. The lowest BCUT2D eigenvalue weighted by Gasteiger charge is -2.13. The molecule has 2 atom stereocenters. The highest BCUT2D eigenvalue weighted by atomic mass is 35.5. The van der Waals surface area contributed by atoms with Gasteiger partial charge >= 0.3 is 0 Å². The number of hydrogen-bond acceptors (Lipinski definition) is 3. The molecule has 0 saturated carbocycles. The minimum absolute atomic E-state index is 0.105. The average molecular weight is 268 g/mol. The van der Waals surface area contributed by atoms with Crippen molar-refractivity contribution in [1.82, 2.24) is 0 Å². The standard InChI is InChI=1S/C13H11ClFNO2/c14-12-5-9(15)1-2-10(12)11(6-16)13(17)8-3-4-18-7-8/h1-2,5,8,11H,3-4,7H2. The number of ketones is 1. The van der Waals surface area contributed by atoms with Crippen molar-refractivity contribution < 1.29 is 13.9 Å². The lowest BCUT2D eigenvalue weighted by molar-refractivity contribution is -0.123. The Balaban J connectivity index is 2.28. The van der Waals surface area contributed by atoms with E-state index in [1.54, 1.807) is 0 Å². The van der Waals surface area contributed by atoms with Gasteiger partial charge in [-0.05, 0) is 24.1 Å². The molecule has 0 radical (unpaired) electrons. The summed E-state index contributed by atoms with van der Waals surface area (Å²) in [5.41, 5.74) is 0.359. The summed E-state index contributed by atoms with van der Waals surface area (Å²) in [6.45, 7) is 0.877. The molecule has 1 aromatic rings. The maximum atomic E-state index is 12.9. The number of ether oxygens (including phenoxy) is 1. The third kappa shape index (κ3) is 2.53. The van der Waals surface area contributed by atoms with E-state index in [0.717, 1.165) is 6.07 Å². The number of Topliss-reactive ketones (excluding diaryl/α,β-unsaturated/α-hetero) is 1. The fourth-order valence-corrected chi connectivity index (χ4v) is 2.29. The summed E-state index contributed by atoms with van der Waals surface area (Å²) in [5, 5.41) is 9.25. The Hall–Kier alpha value is -1.44. The van der Waals surface area contributed by atoms with Crippen molar-refractivity contribution >= 4 is 17.4 Å². The summed E-state index contributed by atoms with van der Waals surface area (Å²) in [7, 11) is 0. The predicted octanol–water partition coefficient (Wildman–Crippen LogP) is 2.69. The van der Waals surface area contributed by atoms with Crippen molar-refractivity contribution in [3.63, 3.8) is 0 Å². The van der Waals surface area contributed by atoms with Crippen molar-refractivity contribution in [2.45, 2.75) is 12.3 Å². The van der Waals surface area contributed by atoms with Gasteiger partial charge in [-0.3, -0.25) is 4.79 Å². The van der Waals surface area contributed by atoms with Crippen molar-refractivity contribution in [3.05, 3.63) is 34.6 Å². The van der Waals surface area contributed by atoms with Crippen LogP contribution in [0.5, 0.6) is 0 Å². The molecule has 94 valence electrons. The Bertz CT molecular complexity index is 506. The molecule has 2 rings (SSSR count). The molecule has 1 saturated heterocycles. The van der Waals surface area contributed by atoms with Gasteiger partial charge in [0.1, 0.15) is 11.7 Å². The molecule has 5 heteroatoms. The van der Waals surface area contributed by atoms with Crippen LogP contribution in [0, 0.1) is 23.1 Å². The van der Waals surface area contributed by atoms with E-state index in [-0.39, 0.29) is 16.7 Å². The number of halogens is 2. The normalized spacial score (nSPS) is 20.4. The van der Waals surface area contributed by atoms with Gasteiger partial charge in [0.05, 0.1) is 12.7 Å². The summed E-state index contributed by atoms with van der Waals surface area (Å²) in [4.78, 5) is 12.2. The van der Waals surface area contributed by atoms with Gasteiger partial charge in [-0.1, -0.05) is 17.7 Å². The molecule has 1 aliphatic rings. The van der Waals surface area contributed by atoms with Crippen LogP contribution in [-0.2, 0) is 9.53 Å². The molecule has 0 aliphatic carbocycles. The fraction of sp³-hybridized carbons (Fsp3) is 0.385. The summed E-state index contributed by atoms with van der Waals surface area (Å²) in [6.07, 6.45) is 0.621. The van der Waals surface area contributed by atoms with Crippen molar-refractivity contribution in [1.29, 1.82) is 5.26 Å². The predicted molar refractivity (Wildman–Crippen MR) is 63.7 cm³/mol. The first-order chi connectivity index (χ1) is 8.63. The second-order valence-electron chi connectivity index (χ2n) is 4.19. The zero-order valence-electron chi connectivity index (χ0n) is 9.53. The van der Waals surface area contributed by atoms with Crippen LogP contribution in [0.1, 0.15) is 17.9 Å². The summed E-state index contributed by atoms with van der Waals surface area (Å²) < 4.78 is 18.1. The number of benzene rings is 1. The molecule has 0 bridgehead atoms. The van der Waals surface area contributed by atoms with E-state index < -0.39 is 11.7 Å². The van der Waals surface area contributed by atoms with Crippen LogP contribution in [0.25, 0.3) is 0 Å². The largest absolute Gasteiger partial charge is 0.381 e. The summed E-state index contributed by atoms with van der Waals surface area (Å²) in [6, 6.07) is 5.64. The van der Waals surface area contributed by atoms with Crippen LogP contribution >= 0.6 is 11.6 Å². The lowest BCUT2D eigenvalue weighted by atomic mass is 9.88. The Labute approximate surface area is 109 Å². The van der Waals surface area contributed by atoms with E-state index in [4.69, 9.17) is 21.6 Å². The topological polar surface area (TPSA) is 50.1 Å². The number of nitriles is 1. The van der Waals surface area contributed by atoms with Crippen LogP contribution in [0.4, 0.5) is 4.39 Å². The smallest absolute Gasteiger partial charge is 0.159 e. The molecule has 0 aromatic heterocycles. The molecular weight excluding hydrogens is 257 g/mol. The SMILES string of the molecule is N#CC(C(=O)C1CCOC1)c1ccc(F)cc1Cl. The monoisotopic (exact) mass is 267 g/mol. The van der Waals surface area contributed by atoms with E-state index in [2.05, 4.69) is 0 Å². The molecule has 0 N–H and O–H groups in total. The zero-order valence-corrected chi connectivity index (χ0v) is 10.3. The zero-order chi connectivity index (χ0) is 13.1. The second-order valence-corrected chi connectivity index (χ2v) is 4.60. The first-order valence-electron chi connectivity index (χ1n) is 5.59. The molecule has 1 heterocycles. The van der Waals surface area contributed by atoms with Crippen molar-refractivity contribution in [2.24, 2.45) is 5.92 Å². The molecule has 2 unspecified atom stereocenters. The minimum atomic E-state index is -0.954. The average Bonchev–Trinajstić information content (AvgIpc) is 2.86. The number of hydrogen-bond donors (Lipinski definition) is 0. The molecule has 1 aliphatic heterocycles. The van der Waals surface area contributed by atoms with Gasteiger partial charge < -0.3 is 4.74 Å². The number of nitrogens with zero attached hydrogens (tertiary/aromatic N) is 1. The van der Waals surface area contributed by atoms with E-state index in [1.165, 1.54) is 12.1 Å². The van der Waals surface area contributed by atoms with Gasteiger partial charge in [-0.25, -0.2) is 4.39 Å². The van der Waals surface area contributed by atoms with Crippen molar-refractivity contribution in [3.8, 4) is 6.07 Å². The van der Waals surface area contributed by atoms with Crippen LogP contribution in [-0.4, -0.2) is 19.0 Å². The van der Waals surface area contributed by atoms with Crippen LogP contribution in [0.2, 0.25) is 5.02 Å². The molecule has 0 spiro atoms. The highest BCUT2D eigenvalue weighted by Crippen LogP contribution is 2.29. The van der Waals surface area contributed by atoms with E-state index in [9.17, 15) is 9.18 Å². The summed E-state index contributed by atoms with van der Waals surface area (Å²) >= 11 is 5.88. The highest BCUT2D eigenvalue weighted by molar-refractivity contribution is 6.31. The van der Waals surface area contributed by atoms with Gasteiger partial charge in [-0.15, -0.1) is 0 Å². The third-order valence-electron chi connectivity index (χ3n) is 3.02. The van der Waals surface area contributed by atoms with Gasteiger partial charge in [0.2, 0.25) is 0 Å². The summed E-state index contributed by atoms with van der Waals surface area (Å²) in [5.74, 6) is -1.92. The van der Waals surface area contributed by atoms with Gasteiger partial charge in [-0.2, -0.15) is 5.26 Å². The number of carbonyl (C=O) groups excluding carboxylic acids is 1. The number of rotatable bonds is 3. The van der Waals surface area contributed by atoms with Crippen LogP contribution in [0.3, 0.4) is 0 Å². The van der Waals surface area contributed by atoms with E-state index in [1.807, 2.05) is 6.07 Å². The molecule has 1 fully saturated rings. The van der Waals surface area contributed by atoms with Crippen LogP contribution < -0.4 is 0 Å². The maximum absolute atomic E-state index is 12.9. The fourth-order valence-electron chi connectivity index (χ4n) is 2.02. The van der Waals surface area contributed by atoms with Crippen LogP contribution in [0.15, 0.2) is 18.2 Å². The second kappa shape index (κ2) is 5.47. The Morgan fingerprint density at radius 3 is 2.94 bits per heavy atom.